The topological polar surface area (TPSA) is 43.2 Å². The highest BCUT2D eigenvalue weighted by atomic mass is 16.7. The van der Waals surface area contributed by atoms with Crippen molar-refractivity contribution in [3.05, 3.63) is 65.7 Å². The molecule has 5 nitrogen and oxygen atoms in total. The molecule has 1 unspecified atom stereocenters. The zero-order valence-corrected chi connectivity index (χ0v) is 16.0. The van der Waals surface area contributed by atoms with E-state index in [1.54, 1.807) is 0 Å². The van der Waals surface area contributed by atoms with Gasteiger partial charge >= 0.3 is 0 Å². The van der Waals surface area contributed by atoms with E-state index >= 15 is 0 Å². The second kappa shape index (κ2) is 7.43. The van der Waals surface area contributed by atoms with Crippen LogP contribution in [-0.2, 0) is 26.6 Å². The number of benzene rings is 2. The zero-order chi connectivity index (χ0) is 18.9. The Morgan fingerprint density at radius 2 is 1.70 bits per heavy atom. The summed E-state index contributed by atoms with van der Waals surface area (Å²) in [6.45, 7) is 6.90. The third kappa shape index (κ3) is 3.27. The van der Waals surface area contributed by atoms with Gasteiger partial charge in [0, 0.05) is 11.1 Å². The normalized spacial score (nSPS) is 19.5. The Kier molecular flexibility index (Phi) is 5.00. The first-order chi connectivity index (χ1) is 13.1. The Morgan fingerprint density at radius 1 is 1.04 bits per heavy atom. The molecule has 27 heavy (non-hydrogen) atoms. The number of nitrogens with zero attached hydrogens (tertiary/aromatic N) is 1. The van der Waals surface area contributed by atoms with Gasteiger partial charge < -0.3 is 14.4 Å². The maximum Gasteiger partial charge on any atom is 0.296 e. The van der Waals surface area contributed by atoms with Crippen LogP contribution in [0.25, 0.3) is 0 Å². The second-order valence-electron chi connectivity index (χ2n) is 7.55. The van der Waals surface area contributed by atoms with Crippen LogP contribution in [0.5, 0.6) is 0 Å². The summed E-state index contributed by atoms with van der Waals surface area (Å²) in [7, 11) is 0. The summed E-state index contributed by atoms with van der Waals surface area (Å²) in [5.74, 6) is -1.36. The van der Waals surface area contributed by atoms with Crippen LogP contribution in [0.15, 0.2) is 54.6 Å². The maximum atomic E-state index is 13.4. The van der Waals surface area contributed by atoms with Crippen molar-refractivity contribution in [2.75, 3.05) is 24.8 Å². The van der Waals surface area contributed by atoms with Crippen LogP contribution in [0.3, 0.4) is 0 Å². The molecule has 1 atom stereocenters. The van der Waals surface area contributed by atoms with E-state index in [1.165, 1.54) is 10.5 Å². The fourth-order valence-electron chi connectivity index (χ4n) is 3.86. The van der Waals surface area contributed by atoms with Crippen LogP contribution in [0.4, 0.5) is 5.69 Å². The number of fused-ring (bicyclic) bond motifs is 2. The van der Waals surface area contributed by atoms with E-state index in [0.717, 1.165) is 24.2 Å². The molecule has 1 N–H and O–H groups in total. The van der Waals surface area contributed by atoms with Gasteiger partial charge in [0.25, 0.3) is 11.7 Å². The summed E-state index contributed by atoms with van der Waals surface area (Å²) < 4.78 is 11.9. The molecule has 4 rings (SSSR count). The third-order valence-corrected chi connectivity index (χ3v) is 5.43. The number of para-hydroxylation sites is 1. The summed E-state index contributed by atoms with van der Waals surface area (Å²) >= 11 is 0. The van der Waals surface area contributed by atoms with Crippen LogP contribution in [-0.4, -0.2) is 31.8 Å². The lowest BCUT2D eigenvalue weighted by atomic mass is 10.1. The van der Waals surface area contributed by atoms with Crippen LogP contribution >= 0.6 is 0 Å². The van der Waals surface area contributed by atoms with Gasteiger partial charge in [0.2, 0.25) is 0 Å². The largest absolute Gasteiger partial charge is 0.338 e. The number of nitrogens with one attached hydrogen (secondary N) is 1. The Labute approximate surface area is 160 Å². The van der Waals surface area contributed by atoms with Crippen LogP contribution in [0.1, 0.15) is 31.4 Å². The van der Waals surface area contributed by atoms with Crippen molar-refractivity contribution in [1.29, 1.82) is 0 Å². The van der Waals surface area contributed by atoms with Crippen molar-refractivity contribution in [3.63, 3.8) is 0 Å². The lowest BCUT2D eigenvalue weighted by Gasteiger charge is -2.33. The summed E-state index contributed by atoms with van der Waals surface area (Å²) in [6, 6.07) is 18.6. The molecule has 0 aromatic heterocycles. The standard InChI is InChI=1S/C22H26N2O3/c1-17(2)23(15-18-9-4-3-5-10-18)16-24-20-12-7-6-11-19(20)22(21(24)25)26-13-8-14-27-22/h3-7,9-12,17H,8,13-16H2,1-2H3/p+1. The van der Waals surface area contributed by atoms with Crippen molar-refractivity contribution in [2.24, 2.45) is 0 Å². The number of quaternary nitrogens is 1. The van der Waals surface area contributed by atoms with E-state index < -0.39 is 5.79 Å². The minimum atomic E-state index is -1.26. The molecule has 5 heteroatoms. The van der Waals surface area contributed by atoms with E-state index in [1.807, 2.05) is 35.2 Å². The van der Waals surface area contributed by atoms with Gasteiger partial charge in [-0.05, 0) is 26.3 Å². The zero-order valence-electron chi connectivity index (χ0n) is 16.0. The number of amides is 1. The molecule has 2 heterocycles. The van der Waals surface area contributed by atoms with E-state index in [9.17, 15) is 4.79 Å². The predicted octanol–water partition coefficient (Wildman–Crippen LogP) is 2.07. The number of carbonyl (C=O) groups excluding carboxylic acids is 1. The highest BCUT2D eigenvalue weighted by Gasteiger charge is 2.55. The van der Waals surface area contributed by atoms with Gasteiger partial charge in [-0.15, -0.1) is 0 Å². The molecule has 2 aromatic rings. The number of rotatable bonds is 5. The Bertz CT molecular complexity index is 800. The van der Waals surface area contributed by atoms with Crippen molar-refractivity contribution in [1.82, 2.24) is 0 Å². The molecule has 0 radical (unpaired) electrons. The van der Waals surface area contributed by atoms with Gasteiger partial charge in [-0.1, -0.05) is 48.5 Å². The Morgan fingerprint density at radius 3 is 2.41 bits per heavy atom. The van der Waals surface area contributed by atoms with Gasteiger partial charge in [-0.2, -0.15) is 0 Å². The quantitative estimate of drug-likeness (QED) is 0.880. The van der Waals surface area contributed by atoms with Crippen molar-refractivity contribution >= 4 is 11.6 Å². The lowest BCUT2D eigenvalue weighted by molar-refractivity contribution is -0.933. The lowest BCUT2D eigenvalue weighted by Crippen LogP contribution is -3.15. The van der Waals surface area contributed by atoms with Crippen molar-refractivity contribution < 1.29 is 19.2 Å². The minimum absolute atomic E-state index is 0.102. The van der Waals surface area contributed by atoms with E-state index in [2.05, 4.69) is 38.1 Å². The maximum absolute atomic E-state index is 13.4. The molecule has 1 fully saturated rings. The van der Waals surface area contributed by atoms with Gasteiger partial charge in [-0.25, -0.2) is 0 Å². The molecule has 2 aromatic carbocycles. The summed E-state index contributed by atoms with van der Waals surface area (Å²) in [5.41, 5.74) is 2.99. The average molecular weight is 367 g/mol. The van der Waals surface area contributed by atoms with E-state index in [4.69, 9.17) is 9.47 Å². The second-order valence-corrected chi connectivity index (χ2v) is 7.55. The van der Waals surface area contributed by atoms with Crippen LogP contribution in [0, 0.1) is 0 Å². The van der Waals surface area contributed by atoms with Gasteiger partial charge in [0.15, 0.2) is 6.67 Å². The number of hydrogen-bond donors (Lipinski definition) is 1. The molecule has 0 saturated carbocycles. The van der Waals surface area contributed by atoms with Crippen molar-refractivity contribution in [3.8, 4) is 0 Å². The number of hydrogen-bond acceptors (Lipinski definition) is 3. The highest BCUT2D eigenvalue weighted by Crippen LogP contribution is 2.44. The predicted molar refractivity (Wildman–Crippen MR) is 103 cm³/mol. The number of ether oxygens (including phenoxy) is 2. The molecule has 0 aliphatic carbocycles. The smallest absolute Gasteiger partial charge is 0.296 e. The molecular weight excluding hydrogens is 340 g/mol. The molecule has 1 spiro atoms. The molecule has 142 valence electrons. The minimum Gasteiger partial charge on any atom is -0.338 e. The average Bonchev–Trinajstić information content (AvgIpc) is 2.92. The fourth-order valence-corrected chi connectivity index (χ4v) is 3.86. The molecule has 2 aliphatic heterocycles. The number of carbonyl (C=O) groups is 1. The SMILES string of the molecule is CC(C)[NH+](Cc1ccccc1)CN1C(=O)C2(OCCCO2)c2ccccc21. The van der Waals surface area contributed by atoms with Gasteiger partial charge in [0.1, 0.15) is 6.54 Å². The molecule has 2 aliphatic rings. The molecular formula is C22H27N2O3+. The molecule has 0 bridgehead atoms. The first kappa shape index (κ1) is 18.2. The highest BCUT2D eigenvalue weighted by molar-refractivity contribution is 6.05. The summed E-state index contributed by atoms with van der Waals surface area (Å²) in [5, 5.41) is 0. The third-order valence-electron chi connectivity index (χ3n) is 5.43. The first-order valence-corrected chi connectivity index (χ1v) is 9.70. The van der Waals surface area contributed by atoms with Gasteiger partial charge in [-0.3, -0.25) is 9.69 Å². The fraction of sp³-hybridized carbons (Fsp3) is 0.409. The monoisotopic (exact) mass is 367 g/mol. The summed E-state index contributed by atoms with van der Waals surface area (Å²) in [6.07, 6.45) is 0.814. The van der Waals surface area contributed by atoms with Crippen molar-refractivity contribution in [2.45, 2.75) is 38.6 Å². The Hall–Kier alpha value is -2.21. The van der Waals surface area contributed by atoms with Crippen LogP contribution in [0.2, 0.25) is 0 Å². The molecule has 1 saturated heterocycles. The summed E-state index contributed by atoms with van der Waals surface area (Å²) in [4.78, 5) is 16.6. The van der Waals surface area contributed by atoms with Gasteiger partial charge in [0.05, 0.1) is 24.9 Å². The van der Waals surface area contributed by atoms with E-state index in [0.29, 0.717) is 25.9 Å². The van der Waals surface area contributed by atoms with Crippen LogP contribution < -0.4 is 9.80 Å². The Balaban J connectivity index is 1.63. The first-order valence-electron chi connectivity index (χ1n) is 9.70. The number of anilines is 1. The van der Waals surface area contributed by atoms with E-state index in [-0.39, 0.29) is 5.91 Å². The molecule has 1 amide bonds.